The molecule has 0 spiro atoms. The topological polar surface area (TPSA) is 93.3 Å². The fourth-order valence-electron chi connectivity index (χ4n) is 2.28. The first-order valence-electron chi connectivity index (χ1n) is 7.65. The fraction of sp³-hybridized carbons (Fsp3) is 0.375. The number of nitrogens with one attached hydrogen (secondary N) is 1. The number of rotatable bonds is 8. The Morgan fingerprint density at radius 3 is 2.67 bits per heavy atom. The quantitative estimate of drug-likeness (QED) is 0.454. The van der Waals surface area contributed by atoms with Gasteiger partial charge in [-0.15, -0.1) is 0 Å². The summed E-state index contributed by atoms with van der Waals surface area (Å²) in [4.78, 5) is 23.9. The number of nitro groups is 1. The molecule has 8 heteroatoms. The third-order valence-corrected chi connectivity index (χ3v) is 3.58. The van der Waals surface area contributed by atoms with E-state index in [1.54, 1.807) is 35.0 Å². The van der Waals surface area contributed by atoms with Crippen LogP contribution in [0.3, 0.4) is 0 Å². The lowest BCUT2D eigenvalue weighted by Gasteiger charge is -2.16. The Morgan fingerprint density at radius 2 is 2.08 bits per heavy atom. The highest BCUT2D eigenvalue weighted by Crippen LogP contribution is 2.15. The van der Waals surface area contributed by atoms with E-state index in [0.717, 1.165) is 11.3 Å². The van der Waals surface area contributed by atoms with Crippen molar-refractivity contribution in [3.63, 3.8) is 0 Å². The second kappa shape index (κ2) is 8.09. The van der Waals surface area contributed by atoms with Crippen LogP contribution in [0, 0.1) is 10.1 Å². The van der Waals surface area contributed by atoms with Gasteiger partial charge in [-0.2, -0.15) is 5.10 Å². The van der Waals surface area contributed by atoms with Gasteiger partial charge in [0.2, 0.25) is 5.91 Å². The molecule has 1 N–H and O–H groups in total. The molecule has 0 bridgehead atoms. The number of nitrogens with zero attached hydrogens (tertiary/aromatic N) is 4. The van der Waals surface area contributed by atoms with Crippen molar-refractivity contribution in [3.05, 3.63) is 52.3 Å². The van der Waals surface area contributed by atoms with Gasteiger partial charge < -0.3 is 10.2 Å². The molecule has 0 aliphatic heterocycles. The van der Waals surface area contributed by atoms with E-state index in [2.05, 4.69) is 10.4 Å². The van der Waals surface area contributed by atoms with Crippen LogP contribution in [-0.4, -0.2) is 39.1 Å². The summed E-state index contributed by atoms with van der Waals surface area (Å²) in [6.45, 7) is 1.17. The number of amides is 1. The first-order chi connectivity index (χ1) is 11.5. The number of carbonyl (C=O) groups is 1. The van der Waals surface area contributed by atoms with Crippen LogP contribution in [0.4, 0.5) is 11.4 Å². The number of aromatic nitrogens is 2. The first kappa shape index (κ1) is 17.5. The molecule has 0 radical (unpaired) electrons. The first-order valence-corrected chi connectivity index (χ1v) is 7.65. The maximum absolute atomic E-state index is 12.1. The van der Waals surface area contributed by atoms with Crippen molar-refractivity contribution >= 4 is 17.3 Å². The lowest BCUT2D eigenvalue weighted by Crippen LogP contribution is -2.26. The van der Waals surface area contributed by atoms with Gasteiger partial charge >= 0.3 is 0 Å². The molecule has 8 nitrogen and oxygen atoms in total. The molecule has 2 aromatic rings. The number of non-ortho nitro benzene ring substituents is 1. The van der Waals surface area contributed by atoms with Gasteiger partial charge in [0.25, 0.3) is 5.69 Å². The number of benzene rings is 1. The SMILES string of the molecule is CN(Cc1cnn(C)c1)C(=O)CCCNc1ccc([N+](=O)[O-])cc1. The highest BCUT2D eigenvalue weighted by molar-refractivity contribution is 5.75. The van der Waals surface area contributed by atoms with Crippen molar-refractivity contribution in [2.24, 2.45) is 7.05 Å². The summed E-state index contributed by atoms with van der Waals surface area (Å²) in [6.07, 6.45) is 4.77. The normalized spacial score (nSPS) is 10.4. The van der Waals surface area contributed by atoms with Gasteiger partial charge in [-0.3, -0.25) is 19.6 Å². The zero-order valence-electron chi connectivity index (χ0n) is 13.8. The molecule has 0 aliphatic carbocycles. The molecule has 1 amide bonds. The molecule has 0 unspecified atom stereocenters. The number of hydrogen-bond acceptors (Lipinski definition) is 5. The standard InChI is InChI=1S/C16H21N5O3/c1-19(11-13-10-18-20(2)12-13)16(22)4-3-9-17-14-5-7-15(8-6-14)21(23)24/h5-8,10,12,17H,3-4,9,11H2,1-2H3. The van der Waals surface area contributed by atoms with Gasteiger partial charge in [-0.25, -0.2) is 0 Å². The van der Waals surface area contributed by atoms with Crippen molar-refractivity contribution in [2.45, 2.75) is 19.4 Å². The number of hydrogen-bond donors (Lipinski definition) is 1. The summed E-state index contributed by atoms with van der Waals surface area (Å²) >= 11 is 0. The molecule has 1 aromatic carbocycles. The Hall–Kier alpha value is -2.90. The lowest BCUT2D eigenvalue weighted by molar-refractivity contribution is -0.384. The van der Waals surface area contributed by atoms with E-state index < -0.39 is 4.92 Å². The third-order valence-electron chi connectivity index (χ3n) is 3.58. The summed E-state index contributed by atoms with van der Waals surface area (Å²) in [6, 6.07) is 6.23. The van der Waals surface area contributed by atoms with Crippen molar-refractivity contribution in [1.82, 2.24) is 14.7 Å². The van der Waals surface area contributed by atoms with E-state index in [-0.39, 0.29) is 11.6 Å². The van der Waals surface area contributed by atoms with E-state index in [9.17, 15) is 14.9 Å². The molecule has 128 valence electrons. The second-order valence-corrected chi connectivity index (χ2v) is 5.61. The van der Waals surface area contributed by atoms with Crippen LogP contribution in [0.15, 0.2) is 36.7 Å². The maximum Gasteiger partial charge on any atom is 0.269 e. The predicted octanol–water partition coefficient (Wildman–Crippen LogP) is 2.18. The van der Waals surface area contributed by atoms with Gasteiger partial charge in [0.1, 0.15) is 0 Å². The Balaban J connectivity index is 1.69. The summed E-state index contributed by atoms with van der Waals surface area (Å²) in [5.41, 5.74) is 1.86. The van der Waals surface area contributed by atoms with Crippen molar-refractivity contribution in [1.29, 1.82) is 0 Å². The molecule has 0 saturated carbocycles. The molecule has 1 aromatic heterocycles. The summed E-state index contributed by atoms with van der Waals surface area (Å²) in [7, 11) is 3.62. The third kappa shape index (κ3) is 5.08. The van der Waals surface area contributed by atoms with Crippen LogP contribution >= 0.6 is 0 Å². The largest absolute Gasteiger partial charge is 0.385 e. The van der Waals surface area contributed by atoms with Crippen LogP contribution in [-0.2, 0) is 18.4 Å². The van der Waals surface area contributed by atoms with Gasteiger partial charge in [0.15, 0.2) is 0 Å². The van der Waals surface area contributed by atoms with Crippen molar-refractivity contribution in [2.75, 3.05) is 18.9 Å². The molecule has 0 fully saturated rings. The molecular weight excluding hydrogens is 310 g/mol. The van der Waals surface area contributed by atoms with Crippen LogP contribution in [0.1, 0.15) is 18.4 Å². The fourth-order valence-corrected chi connectivity index (χ4v) is 2.28. The number of nitro benzene ring substituents is 1. The zero-order valence-corrected chi connectivity index (χ0v) is 13.8. The minimum absolute atomic E-state index is 0.0627. The van der Waals surface area contributed by atoms with Crippen molar-refractivity contribution < 1.29 is 9.72 Å². The Bertz CT molecular complexity index is 696. The summed E-state index contributed by atoms with van der Waals surface area (Å²) in [5, 5.41) is 17.8. The molecule has 2 rings (SSSR count). The van der Waals surface area contributed by atoms with E-state index in [0.29, 0.717) is 25.9 Å². The minimum atomic E-state index is -0.430. The van der Waals surface area contributed by atoms with E-state index in [1.807, 2.05) is 13.2 Å². The minimum Gasteiger partial charge on any atom is -0.385 e. The maximum atomic E-state index is 12.1. The van der Waals surface area contributed by atoms with E-state index in [4.69, 9.17) is 0 Å². The zero-order chi connectivity index (χ0) is 17.5. The average molecular weight is 331 g/mol. The highest BCUT2D eigenvalue weighted by Gasteiger charge is 2.10. The van der Waals surface area contributed by atoms with E-state index >= 15 is 0 Å². The monoisotopic (exact) mass is 331 g/mol. The Morgan fingerprint density at radius 1 is 1.38 bits per heavy atom. The highest BCUT2D eigenvalue weighted by atomic mass is 16.6. The average Bonchev–Trinajstić information content (AvgIpc) is 2.96. The van der Waals surface area contributed by atoms with Crippen molar-refractivity contribution in [3.8, 4) is 0 Å². The lowest BCUT2D eigenvalue weighted by atomic mass is 10.2. The van der Waals surface area contributed by atoms with Crippen LogP contribution in [0.5, 0.6) is 0 Å². The summed E-state index contributed by atoms with van der Waals surface area (Å²) < 4.78 is 1.71. The Labute approximate surface area is 140 Å². The van der Waals surface area contributed by atoms with Gasteiger partial charge in [-0.1, -0.05) is 0 Å². The smallest absolute Gasteiger partial charge is 0.269 e. The number of aryl methyl sites for hydroxylation is 1. The Kier molecular flexibility index (Phi) is 5.89. The molecular formula is C16H21N5O3. The predicted molar refractivity (Wildman–Crippen MR) is 90.5 cm³/mol. The number of carbonyl (C=O) groups excluding carboxylic acids is 1. The van der Waals surface area contributed by atoms with Gasteiger partial charge in [0, 0.05) is 63.2 Å². The van der Waals surface area contributed by atoms with Gasteiger partial charge in [-0.05, 0) is 18.6 Å². The molecule has 0 atom stereocenters. The number of anilines is 1. The van der Waals surface area contributed by atoms with Crippen LogP contribution in [0.2, 0.25) is 0 Å². The molecule has 0 aliphatic rings. The van der Waals surface area contributed by atoms with E-state index in [1.165, 1.54) is 12.1 Å². The van der Waals surface area contributed by atoms with Crippen LogP contribution < -0.4 is 5.32 Å². The second-order valence-electron chi connectivity index (χ2n) is 5.61. The summed E-state index contributed by atoms with van der Waals surface area (Å²) in [5.74, 6) is 0.0735. The van der Waals surface area contributed by atoms with Gasteiger partial charge in [0.05, 0.1) is 11.1 Å². The van der Waals surface area contributed by atoms with Crippen LogP contribution in [0.25, 0.3) is 0 Å². The molecule has 0 saturated heterocycles. The molecule has 1 heterocycles. The molecule has 24 heavy (non-hydrogen) atoms.